The molecule has 2 aromatic rings. The molecule has 1 fully saturated rings. The molecule has 0 bridgehead atoms. The predicted molar refractivity (Wildman–Crippen MR) is 117 cm³/mol. The monoisotopic (exact) mass is 454 g/mol. The van der Waals surface area contributed by atoms with Crippen LogP contribution in [0.15, 0.2) is 48.5 Å². The first kappa shape index (κ1) is 22.4. The number of nitrogens with zero attached hydrogens (tertiary/aromatic N) is 3. The van der Waals surface area contributed by atoms with Crippen LogP contribution in [0.25, 0.3) is 0 Å². The number of nitro benzene ring substituents is 1. The number of non-ortho nitro benzene ring substituents is 1. The number of carbonyl (C=O) groups is 3. The van der Waals surface area contributed by atoms with Crippen LogP contribution in [0.3, 0.4) is 0 Å². The number of benzene rings is 2. The Morgan fingerprint density at radius 3 is 2.45 bits per heavy atom. The zero-order valence-corrected chi connectivity index (χ0v) is 18.0. The van der Waals surface area contributed by atoms with E-state index in [1.54, 1.807) is 41.3 Å². The average molecular weight is 454 g/mol. The molecule has 172 valence electrons. The Labute approximate surface area is 189 Å². The van der Waals surface area contributed by atoms with Crippen LogP contribution in [0, 0.1) is 15.5 Å². The highest BCUT2D eigenvalue weighted by molar-refractivity contribution is 6.30. The number of carbonyl (C=O) groups excluding carboxylic acids is 3. The third-order valence-electron chi connectivity index (χ3n) is 5.95. The Balaban J connectivity index is 1.82. The summed E-state index contributed by atoms with van der Waals surface area (Å²) in [4.78, 5) is 53.0. The van der Waals surface area contributed by atoms with E-state index >= 15 is 0 Å². The van der Waals surface area contributed by atoms with Gasteiger partial charge in [0.15, 0.2) is 11.7 Å². The van der Waals surface area contributed by atoms with E-state index in [0.29, 0.717) is 16.9 Å². The minimum absolute atomic E-state index is 0.0672. The number of anilines is 2. The normalized spacial score (nSPS) is 20.3. The van der Waals surface area contributed by atoms with Crippen LogP contribution in [0.4, 0.5) is 21.9 Å². The largest absolute Gasteiger partial charge is 0.365 e. The van der Waals surface area contributed by atoms with Crippen molar-refractivity contribution in [2.45, 2.75) is 12.7 Å². The summed E-state index contributed by atoms with van der Waals surface area (Å²) in [6, 6.07) is 11.7. The molecule has 1 unspecified atom stereocenters. The third-order valence-corrected chi connectivity index (χ3v) is 5.95. The van der Waals surface area contributed by atoms with Crippen LogP contribution < -0.4 is 15.1 Å². The Bertz CT molecular complexity index is 1120. The zero-order valence-electron chi connectivity index (χ0n) is 18.0. The van der Waals surface area contributed by atoms with Crippen molar-refractivity contribution in [3.63, 3.8) is 0 Å². The quantitative estimate of drug-likeness (QED) is 0.303. The van der Waals surface area contributed by atoms with Crippen molar-refractivity contribution in [3.05, 3.63) is 64.2 Å². The summed E-state index contributed by atoms with van der Waals surface area (Å²) >= 11 is 0. The lowest BCUT2D eigenvalue weighted by atomic mass is 9.74. The fourth-order valence-corrected chi connectivity index (χ4v) is 4.30. The third kappa shape index (κ3) is 3.81. The number of amides is 4. The number of ether oxygens (including phenoxy) is 2. The van der Waals surface area contributed by atoms with E-state index < -0.39 is 34.5 Å². The summed E-state index contributed by atoms with van der Waals surface area (Å²) in [6.45, 7) is 0.0850. The molecule has 11 heteroatoms. The van der Waals surface area contributed by atoms with E-state index in [9.17, 15) is 24.5 Å². The van der Waals surface area contributed by atoms with Gasteiger partial charge in [0, 0.05) is 38.6 Å². The maximum absolute atomic E-state index is 13.7. The van der Waals surface area contributed by atoms with Crippen LogP contribution >= 0.6 is 0 Å². The molecule has 2 aliphatic rings. The Morgan fingerprint density at radius 1 is 1.12 bits per heavy atom. The van der Waals surface area contributed by atoms with Crippen LogP contribution in [0.1, 0.15) is 5.56 Å². The van der Waals surface area contributed by atoms with E-state index in [2.05, 4.69) is 5.32 Å². The lowest BCUT2D eigenvalue weighted by Gasteiger charge is -2.46. The Kier molecular flexibility index (Phi) is 5.83. The van der Waals surface area contributed by atoms with Gasteiger partial charge in [-0.2, -0.15) is 0 Å². The lowest BCUT2D eigenvalue weighted by Crippen LogP contribution is -2.69. The first-order chi connectivity index (χ1) is 15.8. The fourth-order valence-electron chi connectivity index (χ4n) is 4.30. The smallest absolute Gasteiger partial charge is 0.335 e. The number of urea groups is 1. The predicted octanol–water partition coefficient (Wildman–Crippen LogP) is 1.85. The minimum Gasteiger partial charge on any atom is -0.365 e. The van der Waals surface area contributed by atoms with Crippen molar-refractivity contribution in [1.29, 1.82) is 0 Å². The van der Waals surface area contributed by atoms with Crippen molar-refractivity contribution >= 4 is 34.9 Å². The van der Waals surface area contributed by atoms with Gasteiger partial charge in [0.1, 0.15) is 0 Å². The molecule has 2 heterocycles. The number of nitro groups is 1. The van der Waals surface area contributed by atoms with Crippen molar-refractivity contribution in [2.24, 2.45) is 5.41 Å². The molecular weight excluding hydrogens is 432 g/mol. The average Bonchev–Trinajstić information content (AvgIpc) is 2.81. The summed E-state index contributed by atoms with van der Waals surface area (Å²) in [5.74, 6) is -1.45. The number of imide groups is 2. The summed E-state index contributed by atoms with van der Waals surface area (Å²) in [5.41, 5.74) is -0.477. The number of rotatable bonds is 6. The summed E-state index contributed by atoms with van der Waals surface area (Å²) in [6.07, 6.45) is -0.788. The van der Waals surface area contributed by atoms with E-state index in [1.807, 2.05) is 0 Å². The van der Waals surface area contributed by atoms with E-state index in [4.69, 9.17) is 9.47 Å². The second-order valence-corrected chi connectivity index (χ2v) is 7.85. The second-order valence-electron chi connectivity index (χ2n) is 7.85. The molecule has 1 N–H and O–H groups in total. The number of hydrogen-bond donors (Lipinski definition) is 1. The number of methoxy groups -OCH3 is 2. The number of hydrogen-bond acceptors (Lipinski definition) is 8. The molecule has 1 atom stereocenters. The molecule has 2 aromatic carbocycles. The Hall–Kier alpha value is -3.83. The minimum atomic E-state index is -1.68. The summed E-state index contributed by atoms with van der Waals surface area (Å²) in [7, 11) is 2.91. The van der Waals surface area contributed by atoms with Crippen molar-refractivity contribution < 1.29 is 28.8 Å². The maximum atomic E-state index is 13.7. The van der Waals surface area contributed by atoms with Gasteiger partial charge in [0.25, 0.3) is 11.6 Å². The van der Waals surface area contributed by atoms with Gasteiger partial charge in [-0.1, -0.05) is 18.2 Å². The fraction of sp³-hybridized carbons (Fsp3) is 0.318. The first-order valence-electron chi connectivity index (χ1n) is 10.1. The second kappa shape index (κ2) is 8.60. The molecule has 4 amide bonds. The molecular formula is C22H22N4O7. The number of nitrogens with one attached hydrogen (secondary N) is 1. The van der Waals surface area contributed by atoms with E-state index in [0.717, 1.165) is 4.90 Å². The Morgan fingerprint density at radius 2 is 1.82 bits per heavy atom. The van der Waals surface area contributed by atoms with Gasteiger partial charge in [-0.15, -0.1) is 0 Å². The lowest BCUT2D eigenvalue weighted by molar-refractivity contribution is -0.384. The molecule has 33 heavy (non-hydrogen) atoms. The van der Waals surface area contributed by atoms with Crippen molar-refractivity contribution in [3.8, 4) is 0 Å². The molecule has 1 saturated heterocycles. The summed E-state index contributed by atoms with van der Waals surface area (Å²) in [5, 5.41) is 13.7. The highest BCUT2D eigenvalue weighted by atomic mass is 16.7. The number of fused-ring (bicyclic) bond motifs is 1. The standard InChI is InChI=1S/C22H22N4O7/c1-32-18(33-2)12-24-13-22(11-14-10-16(26(30)31)8-9-17(14)24)19(27)23-21(29)25(20(22)28)15-6-4-3-5-7-15/h3-10,18H,11-13H2,1-2H3,(H,23,27,29). The highest BCUT2D eigenvalue weighted by Gasteiger charge is 2.57. The van der Waals surface area contributed by atoms with Gasteiger partial charge in [-0.05, 0) is 30.2 Å². The maximum Gasteiger partial charge on any atom is 0.335 e. The number of barbiturate groups is 1. The highest BCUT2D eigenvalue weighted by Crippen LogP contribution is 2.42. The molecule has 1 spiro atoms. The van der Waals surface area contributed by atoms with Gasteiger partial charge in [-0.3, -0.25) is 25.0 Å². The first-order valence-corrected chi connectivity index (χ1v) is 10.1. The van der Waals surface area contributed by atoms with Gasteiger partial charge in [0.2, 0.25) is 5.91 Å². The molecule has 0 radical (unpaired) electrons. The molecule has 2 aliphatic heterocycles. The van der Waals surface area contributed by atoms with Gasteiger partial charge in [0.05, 0.1) is 17.2 Å². The van der Waals surface area contributed by atoms with Crippen LogP contribution in [0.5, 0.6) is 0 Å². The zero-order chi connectivity index (χ0) is 23.8. The van der Waals surface area contributed by atoms with Crippen molar-refractivity contribution in [2.75, 3.05) is 37.1 Å². The van der Waals surface area contributed by atoms with Crippen molar-refractivity contribution in [1.82, 2.24) is 5.32 Å². The van der Waals surface area contributed by atoms with Crippen LogP contribution in [-0.2, 0) is 25.5 Å². The van der Waals surface area contributed by atoms with E-state index in [-0.39, 0.29) is 25.2 Å². The van der Waals surface area contributed by atoms with Gasteiger partial charge >= 0.3 is 6.03 Å². The van der Waals surface area contributed by atoms with E-state index in [1.165, 1.54) is 26.4 Å². The SMILES string of the molecule is COC(CN1CC2(Cc3cc([N+](=O)[O-])ccc31)C(=O)NC(=O)N(c1ccccc1)C2=O)OC. The molecule has 4 rings (SSSR count). The number of para-hydroxylation sites is 1. The molecule has 0 aromatic heterocycles. The van der Waals surface area contributed by atoms with Crippen LogP contribution in [-0.4, -0.2) is 56.4 Å². The van der Waals surface area contributed by atoms with Gasteiger partial charge < -0.3 is 14.4 Å². The summed E-state index contributed by atoms with van der Waals surface area (Å²) < 4.78 is 10.6. The van der Waals surface area contributed by atoms with Gasteiger partial charge in [-0.25, -0.2) is 9.69 Å². The molecule has 0 saturated carbocycles. The molecule has 0 aliphatic carbocycles. The topological polar surface area (TPSA) is 131 Å². The molecule has 11 nitrogen and oxygen atoms in total. The van der Waals surface area contributed by atoms with Crippen LogP contribution in [0.2, 0.25) is 0 Å².